The van der Waals surface area contributed by atoms with Gasteiger partial charge in [0.25, 0.3) is 0 Å². The zero-order valence-corrected chi connectivity index (χ0v) is 36.8. The van der Waals surface area contributed by atoms with Crippen molar-refractivity contribution in [2.45, 2.75) is 103 Å². The lowest BCUT2D eigenvalue weighted by molar-refractivity contribution is -0.139. The third-order valence-electron chi connectivity index (χ3n) is 14.6. The minimum atomic E-state index is -0.687. The highest BCUT2D eigenvalue weighted by Crippen LogP contribution is 2.58. The molecular weight excluding hydrogens is 797 g/mol. The molecule has 5 aromatic rings. The lowest BCUT2D eigenvalue weighted by Gasteiger charge is -2.37. The molecule has 4 heterocycles. The molecule has 14 nitrogen and oxygen atoms in total. The number of methoxy groups -OCH3 is 2. The molecule has 63 heavy (non-hydrogen) atoms. The maximum Gasteiger partial charge on any atom is 0.407 e. The van der Waals surface area contributed by atoms with E-state index in [1.165, 1.54) is 36.5 Å². The highest BCUT2D eigenvalue weighted by molar-refractivity contribution is 5.89. The van der Waals surface area contributed by atoms with Crippen LogP contribution in [0.2, 0.25) is 0 Å². The third-order valence-corrected chi connectivity index (χ3v) is 14.6. The van der Waals surface area contributed by atoms with Crippen LogP contribution in [-0.2, 0) is 25.5 Å². The fourth-order valence-corrected chi connectivity index (χ4v) is 11.0. The number of hydrogen-bond acceptors (Lipinski definition) is 8. The Labute approximate surface area is 366 Å². The number of piperidine rings is 1. The maximum atomic E-state index is 14.1. The van der Waals surface area contributed by atoms with Gasteiger partial charge in [-0.25, -0.2) is 19.6 Å². The second kappa shape index (κ2) is 15.6. The largest absolute Gasteiger partial charge is 0.453 e. The second-order valence-corrected chi connectivity index (χ2v) is 19.3. The average molecular weight is 853 g/mol. The molecule has 4 fully saturated rings. The first-order valence-electron chi connectivity index (χ1n) is 22.5. The molecule has 1 spiro atoms. The summed E-state index contributed by atoms with van der Waals surface area (Å²) in [5.74, 6) is 1.47. The number of nitrogens with zero attached hydrogens (tertiary/aromatic N) is 4. The molecule has 328 valence electrons. The summed E-state index contributed by atoms with van der Waals surface area (Å²) in [4.78, 5) is 73.4. The summed E-state index contributed by atoms with van der Waals surface area (Å²) in [7, 11) is 2.63. The number of carbonyl (C=O) groups is 4. The predicted molar refractivity (Wildman–Crippen MR) is 237 cm³/mol. The van der Waals surface area contributed by atoms with Gasteiger partial charge in [0.2, 0.25) is 11.8 Å². The van der Waals surface area contributed by atoms with Crippen molar-refractivity contribution < 1.29 is 28.7 Å². The molecule has 5 aliphatic rings. The summed E-state index contributed by atoms with van der Waals surface area (Å²) in [6.45, 7) is 8.40. The Morgan fingerprint density at radius 3 is 2.08 bits per heavy atom. The summed E-state index contributed by atoms with van der Waals surface area (Å²) in [6.07, 6.45) is 7.42. The molecule has 2 saturated carbocycles. The summed E-state index contributed by atoms with van der Waals surface area (Å²) in [5.41, 5.74) is 11.0. The van der Waals surface area contributed by atoms with E-state index in [0.717, 1.165) is 90.0 Å². The lowest BCUT2D eigenvalue weighted by Crippen LogP contribution is -2.54. The number of imidazole rings is 2. The average Bonchev–Trinajstić information content (AvgIpc) is 3.97. The minimum absolute atomic E-state index is 0.0861. The van der Waals surface area contributed by atoms with Crippen LogP contribution < -0.4 is 10.6 Å². The van der Waals surface area contributed by atoms with Gasteiger partial charge in [0.1, 0.15) is 23.7 Å². The van der Waals surface area contributed by atoms with Gasteiger partial charge in [0, 0.05) is 12.6 Å². The highest BCUT2D eigenvalue weighted by Gasteiger charge is 2.55. The first kappa shape index (κ1) is 40.9. The highest BCUT2D eigenvalue weighted by atomic mass is 16.5. The van der Waals surface area contributed by atoms with E-state index >= 15 is 0 Å². The first-order chi connectivity index (χ1) is 30.3. The fraction of sp³-hybridized carbons (Fsp3) is 0.469. The Morgan fingerprint density at radius 2 is 1.41 bits per heavy atom. The minimum Gasteiger partial charge on any atom is -0.453 e. The molecular formula is C49H56N8O6. The molecule has 6 atom stereocenters. The van der Waals surface area contributed by atoms with Crippen molar-refractivity contribution in [2.75, 3.05) is 20.8 Å². The Balaban J connectivity index is 0.864. The van der Waals surface area contributed by atoms with E-state index in [1.54, 1.807) is 0 Å². The number of benzene rings is 3. The zero-order valence-electron chi connectivity index (χ0n) is 36.8. The predicted octanol–water partition coefficient (Wildman–Crippen LogP) is 8.06. The molecule has 10 rings (SSSR count). The van der Waals surface area contributed by atoms with Gasteiger partial charge < -0.3 is 39.9 Å². The van der Waals surface area contributed by atoms with Crippen molar-refractivity contribution in [1.29, 1.82) is 0 Å². The molecule has 2 aliphatic heterocycles. The Hall–Kier alpha value is -6.18. The Bertz CT molecular complexity index is 2640. The van der Waals surface area contributed by atoms with E-state index in [1.807, 2.05) is 43.7 Å². The third kappa shape index (κ3) is 7.20. The van der Waals surface area contributed by atoms with Gasteiger partial charge in [0.15, 0.2) is 0 Å². The molecule has 2 saturated heterocycles. The molecule has 4 N–H and O–H groups in total. The number of aromatic nitrogens is 4. The van der Waals surface area contributed by atoms with Gasteiger partial charge in [0.05, 0.1) is 49.2 Å². The summed E-state index contributed by atoms with van der Waals surface area (Å²) in [6, 6.07) is 18.0. The quantitative estimate of drug-likeness (QED) is 0.107. The summed E-state index contributed by atoms with van der Waals surface area (Å²) in [5, 5.41) is 5.54. The van der Waals surface area contributed by atoms with Gasteiger partial charge in [-0.2, -0.15) is 0 Å². The van der Waals surface area contributed by atoms with Crippen molar-refractivity contribution in [1.82, 2.24) is 40.4 Å². The van der Waals surface area contributed by atoms with Crippen LogP contribution in [0, 0.1) is 23.2 Å². The normalized spacial score (nSPS) is 22.4. The van der Waals surface area contributed by atoms with Crippen molar-refractivity contribution in [3.05, 3.63) is 83.6 Å². The lowest BCUT2D eigenvalue weighted by atomic mass is 9.95. The van der Waals surface area contributed by atoms with Gasteiger partial charge in [-0.15, -0.1) is 0 Å². The van der Waals surface area contributed by atoms with E-state index in [2.05, 4.69) is 75.2 Å². The van der Waals surface area contributed by atoms with Crippen molar-refractivity contribution >= 4 is 35.0 Å². The zero-order chi connectivity index (χ0) is 43.9. The number of fused-ring (bicyclic) bond motifs is 6. The number of rotatable bonds is 10. The number of ether oxygens (including phenoxy) is 2. The molecule has 2 bridgehead atoms. The number of amides is 4. The van der Waals surface area contributed by atoms with Crippen molar-refractivity contribution in [3.63, 3.8) is 0 Å². The van der Waals surface area contributed by atoms with Crippen LogP contribution in [0.1, 0.15) is 101 Å². The Morgan fingerprint density at radius 1 is 0.778 bits per heavy atom. The monoisotopic (exact) mass is 852 g/mol. The molecule has 2 aromatic heterocycles. The summed E-state index contributed by atoms with van der Waals surface area (Å²) >= 11 is 0. The number of hydrogen-bond donors (Lipinski definition) is 4. The van der Waals surface area contributed by atoms with Gasteiger partial charge in [-0.05, 0) is 125 Å². The van der Waals surface area contributed by atoms with E-state index in [0.29, 0.717) is 12.5 Å². The van der Waals surface area contributed by atoms with E-state index < -0.39 is 24.3 Å². The van der Waals surface area contributed by atoms with Crippen LogP contribution >= 0.6 is 0 Å². The smallest absolute Gasteiger partial charge is 0.407 e. The topological polar surface area (TPSA) is 175 Å². The fourth-order valence-electron chi connectivity index (χ4n) is 11.0. The van der Waals surface area contributed by atoms with Crippen LogP contribution in [0.3, 0.4) is 0 Å². The number of H-pyrrole nitrogens is 2. The molecule has 3 unspecified atom stereocenters. The molecule has 0 radical (unpaired) electrons. The number of likely N-dealkylation sites (tertiary alicyclic amines) is 2. The van der Waals surface area contributed by atoms with Crippen molar-refractivity contribution in [2.24, 2.45) is 23.2 Å². The maximum absolute atomic E-state index is 14.1. The van der Waals surface area contributed by atoms with Crippen LogP contribution in [0.25, 0.3) is 44.5 Å². The Kier molecular flexibility index (Phi) is 10.1. The van der Waals surface area contributed by atoms with Gasteiger partial charge in [-0.1, -0.05) is 64.1 Å². The van der Waals surface area contributed by atoms with E-state index in [4.69, 9.17) is 19.4 Å². The van der Waals surface area contributed by atoms with Crippen LogP contribution in [0.4, 0.5) is 9.59 Å². The number of alkyl carbamates (subject to hydrolysis) is 2. The standard InChI is InChI=1S/C49H56N8O6/c1-25(2)40(54-47(60)62-5)45(58)56-24-49(15-16-49)22-39(56)43-50-23-38(53-43)29-9-13-35-32(18-29)19-31-17-27(8-12-34(31)35)28-10-14-36-37(21-28)52-44(51-36)42-30-7-11-33(20-30)57(42)46(59)41(26(3)4)55-48(61)63-6/h8-10,12-14,17-18,21,23,25-26,30,33,39-42H,7,11,15-16,19-20,22,24H2,1-6H3,(H,50,53)(H,51,52)(H,54,60)(H,55,61)/t30-,33?,39-,40?,41-,42?/m0/s1. The van der Waals surface area contributed by atoms with Crippen LogP contribution in [-0.4, -0.2) is 92.6 Å². The first-order valence-corrected chi connectivity index (χ1v) is 22.5. The molecule has 3 aromatic carbocycles. The number of nitrogens with one attached hydrogen (secondary N) is 4. The van der Waals surface area contributed by atoms with Crippen LogP contribution in [0.5, 0.6) is 0 Å². The van der Waals surface area contributed by atoms with Crippen LogP contribution in [0.15, 0.2) is 60.8 Å². The van der Waals surface area contributed by atoms with Gasteiger partial charge in [-0.3, -0.25) is 9.59 Å². The van der Waals surface area contributed by atoms with E-state index in [-0.39, 0.29) is 47.2 Å². The second-order valence-electron chi connectivity index (χ2n) is 19.3. The molecule has 4 amide bonds. The summed E-state index contributed by atoms with van der Waals surface area (Å²) < 4.78 is 9.69. The molecule has 14 heteroatoms. The van der Waals surface area contributed by atoms with E-state index in [9.17, 15) is 19.2 Å². The molecule has 3 aliphatic carbocycles. The number of aromatic amines is 2. The van der Waals surface area contributed by atoms with Crippen molar-refractivity contribution in [3.8, 4) is 33.5 Å². The number of carbonyl (C=O) groups excluding carboxylic acids is 4. The van der Waals surface area contributed by atoms with Gasteiger partial charge >= 0.3 is 12.2 Å². The SMILES string of the molecule is COC(=O)NC(C(=O)N1CC2(CC2)C[C@H]1c1ncc(-c2ccc3c(c2)Cc2cc(-c4ccc5nc(C6[C@H]7CCC(C7)N6C(=O)[C@@H](NC(=O)OC)C(C)C)[nH]c5c4)ccc2-3)[nH]1)C(C)C.